The molecule has 2 heterocycles. The zero-order valence-electron chi connectivity index (χ0n) is 23.5. The average molecular weight is 519 g/mol. The summed E-state index contributed by atoms with van der Waals surface area (Å²) in [5, 5.41) is 1.18. The molecule has 0 bridgehead atoms. The van der Waals surface area contributed by atoms with Crippen molar-refractivity contribution in [2.24, 2.45) is 0 Å². The molecule has 3 nitrogen and oxygen atoms in total. The van der Waals surface area contributed by atoms with Gasteiger partial charge in [-0.1, -0.05) is 36.4 Å². The topological polar surface area (TPSA) is 33.2 Å². The van der Waals surface area contributed by atoms with E-state index in [1.165, 1.54) is 34.9 Å². The lowest BCUT2D eigenvalue weighted by molar-refractivity contribution is 0.101. The van der Waals surface area contributed by atoms with E-state index in [4.69, 9.17) is 4.98 Å². The first kappa shape index (κ1) is 25.6. The molecule has 1 saturated carbocycles. The standard InChI is InChI=1S/C35H35FN2O/c1-20-15-21(2)37-35-28(8-6-7-24-9-11-25(12-10-24)23(4)39)34(30(17-29(20)35)26-13-14-26)33-22(3)32(36)16-27-18-38(5)19-31(27)33/h6,8-12,15-17,26H,7,13-14,18-19H2,1-5H3. The number of aryl methyl sites for hydroxylation is 2. The summed E-state index contributed by atoms with van der Waals surface area (Å²) in [5.74, 6) is 0.439. The van der Waals surface area contributed by atoms with E-state index < -0.39 is 0 Å². The summed E-state index contributed by atoms with van der Waals surface area (Å²) < 4.78 is 15.5. The van der Waals surface area contributed by atoms with Crippen LogP contribution in [0.15, 0.2) is 48.5 Å². The number of hydrogen-bond donors (Lipinski definition) is 0. The van der Waals surface area contributed by atoms with E-state index in [9.17, 15) is 4.79 Å². The average Bonchev–Trinajstić information content (AvgIpc) is 3.67. The van der Waals surface area contributed by atoms with Crippen molar-refractivity contribution in [3.63, 3.8) is 0 Å². The lowest BCUT2D eigenvalue weighted by Gasteiger charge is -2.22. The fourth-order valence-corrected chi connectivity index (χ4v) is 6.21. The molecule has 0 unspecified atom stereocenters. The number of carbonyl (C=O) groups is 1. The molecule has 4 aromatic rings. The van der Waals surface area contributed by atoms with Crippen LogP contribution in [0.3, 0.4) is 0 Å². The van der Waals surface area contributed by atoms with E-state index >= 15 is 4.39 Å². The van der Waals surface area contributed by atoms with Gasteiger partial charge in [0.15, 0.2) is 5.78 Å². The van der Waals surface area contributed by atoms with Gasteiger partial charge in [0.2, 0.25) is 0 Å². The second-order valence-corrected chi connectivity index (χ2v) is 11.5. The first-order valence-electron chi connectivity index (χ1n) is 13.9. The van der Waals surface area contributed by atoms with E-state index in [1.54, 1.807) is 13.0 Å². The number of Topliss-reactive ketones (excluding diaryl/α,β-unsaturated/α-hetero) is 1. The van der Waals surface area contributed by atoms with Crippen LogP contribution in [0.5, 0.6) is 0 Å². The van der Waals surface area contributed by atoms with Crippen molar-refractivity contribution in [2.45, 2.75) is 66.0 Å². The molecular formula is C35H35FN2O. The minimum absolute atomic E-state index is 0.0746. The predicted octanol–water partition coefficient (Wildman–Crippen LogP) is 8.25. The maximum absolute atomic E-state index is 15.5. The second kappa shape index (κ2) is 9.84. The number of aromatic nitrogens is 1. The van der Waals surface area contributed by atoms with Crippen LogP contribution in [0.4, 0.5) is 4.39 Å². The highest BCUT2D eigenvalue weighted by atomic mass is 19.1. The summed E-state index contributed by atoms with van der Waals surface area (Å²) in [6.07, 6.45) is 7.47. The molecule has 1 aromatic heterocycles. The Kier molecular flexibility index (Phi) is 6.47. The minimum atomic E-state index is -0.130. The van der Waals surface area contributed by atoms with Crippen molar-refractivity contribution in [3.05, 3.63) is 105 Å². The summed E-state index contributed by atoms with van der Waals surface area (Å²) in [6, 6.07) is 14.1. The van der Waals surface area contributed by atoms with Gasteiger partial charge in [-0.2, -0.15) is 0 Å². The monoisotopic (exact) mass is 518 g/mol. The van der Waals surface area contributed by atoms with Crippen LogP contribution >= 0.6 is 0 Å². The van der Waals surface area contributed by atoms with E-state index in [1.807, 2.05) is 38.1 Å². The Bertz CT molecular complexity index is 1660. The third-order valence-electron chi connectivity index (χ3n) is 8.36. The van der Waals surface area contributed by atoms with Gasteiger partial charge in [-0.05, 0) is 123 Å². The fraction of sp³-hybridized carbons (Fsp3) is 0.314. The largest absolute Gasteiger partial charge is 0.298 e. The van der Waals surface area contributed by atoms with Crippen molar-refractivity contribution in [1.29, 1.82) is 0 Å². The molecule has 2 aliphatic rings. The number of benzene rings is 3. The number of ketones is 1. The predicted molar refractivity (Wildman–Crippen MR) is 158 cm³/mol. The first-order valence-corrected chi connectivity index (χ1v) is 13.9. The van der Waals surface area contributed by atoms with Crippen molar-refractivity contribution in [3.8, 4) is 11.1 Å². The van der Waals surface area contributed by atoms with Gasteiger partial charge in [0.1, 0.15) is 5.82 Å². The van der Waals surface area contributed by atoms with Gasteiger partial charge in [-0.25, -0.2) is 4.39 Å². The molecule has 6 rings (SSSR count). The minimum Gasteiger partial charge on any atom is -0.298 e. The Morgan fingerprint density at radius 2 is 1.79 bits per heavy atom. The number of nitrogens with zero attached hydrogens (tertiary/aromatic N) is 2. The molecular weight excluding hydrogens is 483 g/mol. The summed E-state index contributed by atoms with van der Waals surface area (Å²) in [4.78, 5) is 19.0. The Balaban J connectivity index is 1.59. The molecule has 0 atom stereocenters. The van der Waals surface area contributed by atoms with E-state index in [-0.39, 0.29) is 11.6 Å². The third kappa shape index (κ3) is 4.72. The maximum Gasteiger partial charge on any atom is 0.159 e. The number of pyridine rings is 1. The highest BCUT2D eigenvalue weighted by molar-refractivity contribution is 6.00. The van der Waals surface area contributed by atoms with Gasteiger partial charge in [0.25, 0.3) is 0 Å². The number of allylic oxidation sites excluding steroid dienone is 1. The summed E-state index contributed by atoms with van der Waals surface area (Å²) in [7, 11) is 2.10. The Morgan fingerprint density at radius 1 is 1.05 bits per heavy atom. The van der Waals surface area contributed by atoms with E-state index in [0.29, 0.717) is 5.92 Å². The zero-order chi connectivity index (χ0) is 27.4. The number of hydrogen-bond acceptors (Lipinski definition) is 3. The Labute approximate surface area is 230 Å². The summed E-state index contributed by atoms with van der Waals surface area (Å²) >= 11 is 0. The third-order valence-corrected chi connectivity index (χ3v) is 8.36. The van der Waals surface area contributed by atoms with E-state index in [0.717, 1.165) is 69.7 Å². The van der Waals surface area contributed by atoms with Crippen LogP contribution < -0.4 is 0 Å². The first-order chi connectivity index (χ1) is 18.7. The van der Waals surface area contributed by atoms with Crippen LogP contribution in [0.2, 0.25) is 0 Å². The number of carbonyl (C=O) groups excluding carboxylic acids is 1. The molecule has 1 fully saturated rings. The van der Waals surface area contributed by atoms with Crippen molar-refractivity contribution in [2.75, 3.05) is 7.05 Å². The Hall–Kier alpha value is -3.63. The van der Waals surface area contributed by atoms with Gasteiger partial charge in [-0.3, -0.25) is 14.7 Å². The van der Waals surface area contributed by atoms with Gasteiger partial charge in [-0.15, -0.1) is 0 Å². The molecule has 0 radical (unpaired) electrons. The van der Waals surface area contributed by atoms with Crippen LogP contribution in [0.25, 0.3) is 28.1 Å². The van der Waals surface area contributed by atoms with Crippen LogP contribution in [0, 0.1) is 26.6 Å². The van der Waals surface area contributed by atoms with Gasteiger partial charge in [0, 0.05) is 35.3 Å². The molecule has 0 amide bonds. The molecule has 0 saturated heterocycles. The van der Waals surface area contributed by atoms with Crippen LogP contribution in [-0.2, 0) is 19.5 Å². The summed E-state index contributed by atoms with van der Waals surface area (Å²) in [6.45, 7) is 9.32. The summed E-state index contributed by atoms with van der Waals surface area (Å²) in [5.41, 5.74) is 12.8. The highest BCUT2D eigenvalue weighted by Crippen LogP contribution is 2.50. The van der Waals surface area contributed by atoms with Crippen molar-refractivity contribution < 1.29 is 9.18 Å². The number of halogens is 1. The fourth-order valence-electron chi connectivity index (χ4n) is 6.21. The number of rotatable bonds is 6. The maximum atomic E-state index is 15.5. The normalized spacial score (nSPS) is 15.4. The molecule has 4 heteroatoms. The molecule has 0 spiro atoms. The molecule has 0 N–H and O–H groups in total. The van der Waals surface area contributed by atoms with Gasteiger partial charge < -0.3 is 0 Å². The zero-order valence-corrected chi connectivity index (χ0v) is 23.5. The lowest BCUT2D eigenvalue weighted by atomic mass is 9.83. The lowest BCUT2D eigenvalue weighted by Crippen LogP contribution is -2.08. The number of fused-ring (bicyclic) bond motifs is 2. The van der Waals surface area contributed by atoms with E-state index in [2.05, 4.69) is 43.2 Å². The molecule has 1 aliphatic heterocycles. The molecule has 198 valence electrons. The van der Waals surface area contributed by atoms with Crippen molar-refractivity contribution >= 4 is 22.8 Å². The quantitative estimate of drug-likeness (QED) is 0.241. The molecule has 39 heavy (non-hydrogen) atoms. The van der Waals surface area contributed by atoms with Crippen LogP contribution in [0.1, 0.15) is 80.7 Å². The highest BCUT2D eigenvalue weighted by Gasteiger charge is 2.32. The second-order valence-electron chi connectivity index (χ2n) is 11.5. The smallest absolute Gasteiger partial charge is 0.159 e. The van der Waals surface area contributed by atoms with Gasteiger partial charge >= 0.3 is 0 Å². The molecule has 3 aromatic carbocycles. The SMILES string of the molecule is CC(=O)c1ccc(CC=Cc2c(-c3c(C)c(F)cc4c3CN(C)C4)c(C3CC3)cc3c(C)cc(C)nc23)cc1. The molecule has 1 aliphatic carbocycles. The Morgan fingerprint density at radius 3 is 2.49 bits per heavy atom. The van der Waals surface area contributed by atoms with Gasteiger partial charge in [0.05, 0.1) is 5.52 Å². The van der Waals surface area contributed by atoms with Crippen molar-refractivity contribution in [1.82, 2.24) is 9.88 Å². The van der Waals surface area contributed by atoms with Crippen LogP contribution in [-0.4, -0.2) is 22.7 Å².